The van der Waals surface area contributed by atoms with E-state index < -0.39 is 0 Å². The molecule has 1 aromatic carbocycles. The number of rotatable bonds is 3. The topological polar surface area (TPSA) is 33.3 Å². The second-order valence-electron chi connectivity index (χ2n) is 5.19. The molecule has 0 spiro atoms. The maximum Gasteiger partial charge on any atom is 0.171 e. The summed E-state index contributed by atoms with van der Waals surface area (Å²) in [5.41, 5.74) is 0.904. The molecule has 3 atom stereocenters. The molecule has 1 saturated carbocycles. The van der Waals surface area contributed by atoms with Crippen LogP contribution in [0.3, 0.4) is 0 Å². The summed E-state index contributed by atoms with van der Waals surface area (Å²) >= 11 is 5.39. The fourth-order valence-electron chi connectivity index (χ4n) is 3.02. The van der Waals surface area contributed by atoms with Crippen molar-refractivity contribution in [3.63, 3.8) is 0 Å². The number of anilines is 1. The molecule has 100 valence electrons. The zero-order valence-corrected chi connectivity index (χ0v) is 11.7. The van der Waals surface area contributed by atoms with E-state index in [1.807, 2.05) is 24.3 Å². The Kier molecular flexibility index (Phi) is 3.42. The first-order chi connectivity index (χ1) is 9.26. The second kappa shape index (κ2) is 5.21. The number of thiocarbonyl (C=S) groups is 1. The Hall–Kier alpha value is -1.55. The van der Waals surface area contributed by atoms with Crippen molar-refractivity contribution in [2.24, 2.45) is 11.8 Å². The largest absolute Gasteiger partial charge is 0.495 e. The van der Waals surface area contributed by atoms with E-state index in [-0.39, 0.29) is 0 Å². The van der Waals surface area contributed by atoms with Crippen LogP contribution in [0, 0.1) is 11.8 Å². The third kappa shape index (κ3) is 2.59. The van der Waals surface area contributed by atoms with Gasteiger partial charge in [-0.25, -0.2) is 0 Å². The van der Waals surface area contributed by atoms with Gasteiger partial charge in [0, 0.05) is 6.04 Å². The molecule has 0 saturated heterocycles. The number of allylic oxidation sites excluding steroid dienone is 1. The lowest BCUT2D eigenvalue weighted by molar-refractivity contribution is 0.417. The molecular formula is C15H18N2OS. The van der Waals surface area contributed by atoms with Crippen LogP contribution in [-0.4, -0.2) is 18.3 Å². The van der Waals surface area contributed by atoms with Crippen LogP contribution in [0.1, 0.15) is 12.8 Å². The maximum atomic E-state index is 5.39. The van der Waals surface area contributed by atoms with Gasteiger partial charge in [0.2, 0.25) is 0 Å². The van der Waals surface area contributed by atoms with E-state index >= 15 is 0 Å². The van der Waals surface area contributed by atoms with Gasteiger partial charge >= 0.3 is 0 Å². The number of benzene rings is 1. The van der Waals surface area contributed by atoms with Crippen LogP contribution >= 0.6 is 12.2 Å². The minimum atomic E-state index is 0.477. The lowest BCUT2D eigenvalue weighted by Crippen LogP contribution is -2.40. The quantitative estimate of drug-likeness (QED) is 0.656. The van der Waals surface area contributed by atoms with Crippen LogP contribution in [0.5, 0.6) is 5.75 Å². The van der Waals surface area contributed by atoms with E-state index in [1.54, 1.807) is 7.11 Å². The molecule has 3 nitrogen and oxygen atoms in total. The van der Waals surface area contributed by atoms with Gasteiger partial charge in [-0.1, -0.05) is 24.3 Å². The van der Waals surface area contributed by atoms with Crippen molar-refractivity contribution in [3.05, 3.63) is 36.4 Å². The van der Waals surface area contributed by atoms with E-state index in [4.69, 9.17) is 17.0 Å². The molecule has 0 heterocycles. The van der Waals surface area contributed by atoms with Gasteiger partial charge < -0.3 is 15.4 Å². The molecule has 3 rings (SSSR count). The van der Waals surface area contributed by atoms with E-state index in [0.717, 1.165) is 17.4 Å². The van der Waals surface area contributed by atoms with E-state index in [1.165, 1.54) is 12.8 Å². The number of fused-ring (bicyclic) bond motifs is 2. The molecule has 0 radical (unpaired) electrons. The van der Waals surface area contributed by atoms with Crippen molar-refractivity contribution >= 4 is 23.0 Å². The zero-order chi connectivity index (χ0) is 13.2. The Morgan fingerprint density at radius 2 is 2.11 bits per heavy atom. The highest BCUT2D eigenvalue weighted by molar-refractivity contribution is 7.80. The molecule has 2 bridgehead atoms. The van der Waals surface area contributed by atoms with Gasteiger partial charge in [0.1, 0.15) is 5.75 Å². The SMILES string of the molecule is COc1ccccc1NC(=S)NC1CC2C=CC1C2. The average molecular weight is 274 g/mol. The minimum Gasteiger partial charge on any atom is -0.495 e. The summed E-state index contributed by atoms with van der Waals surface area (Å²) in [5, 5.41) is 7.32. The number of methoxy groups -OCH3 is 1. The highest BCUT2D eigenvalue weighted by Gasteiger charge is 2.35. The normalized spacial score (nSPS) is 27.3. The number of nitrogens with one attached hydrogen (secondary N) is 2. The molecule has 0 aromatic heterocycles. The Morgan fingerprint density at radius 1 is 1.26 bits per heavy atom. The third-order valence-electron chi connectivity index (χ3n) is 3.95. The molecule has 1 fully saturated rings. The van der Waals surface area contributed by atoms with Crippen molar-refractivity contribution < 1.29 is 4.74 Å². The zero-order valence-electron chi connectivity index (χ0n) is 10.9. The van der Waals surface area contributed by atoms with Gasteiger partial charge in [-0.3, -0.25) is 0 Å². The first-order valence-electron chi connectivity index (χ1n) is 6.65. The van der Waals surface area contributed by atoms with Crippen LogP contribution in [0.15, 0.2) is 36.4 Å². The van der Waals surface area contributed by atoms with Crippen molar-refractivity contribution in [2.75, 3.05) is 12.4 Å². The molecule has 4 heteroatoms. The van der Waals surface area contributed by atoms with Crippen molar-refractivity contribution in [1.82, 2.24) is 5.32 Å². The molecule has 2 N–H and O–H groups in total. The monoisotopic (exact) mass is 274 g/mol. The molecular weight excluding hydrogens is 256 g/mol. The van der Waals surface area contributed by atoms with Crippen LogP contribution in [0.4, 0.5) is 5.69 Å². The first-order valence-corrected chi connectivity index (χ1v) is 7.06. The summed E-state index contributed by atoms with van der Waals surface area (Å²) in [5.74, 6) is 2.19. The number of para-hydroxylation sites is 2. The fourth-order valence-corrected chi connectivity index (χ4v) is 3.28. The van der Waals surface area contributed by atoms with Gasteiger partial charge in [-0.2, -0.15) is 0 Å². The smallest absolute Gasteiger partial charge is 0.171 e. The van der Waals surface area contributed by atoms with Gasteiger partial charge in [-0.15, -0.1) is 0 Å². The van der Waals surface area contributed by atoms with Gasteiger partial charge in [0.15, 0.2) is 5.11 Å². The van der Waals surface area contributed by atoms with Crippen molar-refractivity contribution in [1.29, 1.82) is 0 Å². The maximum absolute atomic E-state index is 5.39. The third-order valence-corrected chi connectivity index (χ3v) is 4.17. The highest BCUT2D eigenvalue weighted by Crippen LogP contribution is 2.39. The predicted octanol–water partition coefficient (Wildman–Crippen LogP) is 2.95. The second-order valence-corrected chi connectivity index (χ2v) is 5.59. The Balaban J connectivity index is 1.61. The lowest BCUT2D eigenvalue weighted by Gasteiger charge is -2.22. The predicted molar refractivity (Wildman–Crippen MR) is 81.5 cm³/mol. The van der Waals surface area contributed by atoms with E-state index in [0.29, 0.717) is 17.1 Å². The summed E-state index contributed by atoms with van der Waals surface area (Å²) in [4.78, 5) is 0. The lowest BCUT2D eigenvalue weighted by atomic mass is 10.0. The fraction of sp³-hybridized carbons (Fsp3) is 0.400. The van der Waals surface area contributed by atoms with Gasteiger partial charge in [-0.05, 0) is 49.0 Å². The molecule has 0 aliphatic heterocycles. The van der Waals surface area contributed by atoms with Crippen molar-refractivity contribution in [3.8, 4) is 5.75 Å². The molecule has 3 unspecified atom stereocenters. The molecule has 0 amide bonds. The Labute approximate surface area is 119 Å². The number of ether oxygens (including phenoxy) is 1. The molecule has 2 aliphatic rings. The van der Waals surface area contributed by atoms with Crippen molar-refractivity contribution in [2.45, 2.75) is 18.9 Å². The first kappa shape index (κ1) is 12.5. The summed E-state index contributed by atoms with van der Waals surface area (Å²) in [7, 11) is 1.66. The summed E-state index contributed by atoms with van der Waals surface area (Å²) in [6.07, 6.45) is 7.11. The van der Waals surface area contributed by atoms with Crippen LogP contribution in [0.25, 0.3) is 0 Å². The van der Waals surface area contributed by atoms with Crippen LogP contribution < -0.4 is 15.4 Å². The number of hydrogen-bond donors (Lipinski definition) is 2. The van der Waals surface area contributed by atoms with E-state index in [2.05, 4.69) is 22.8 Å². The van der Waals surface area contributed by atoms with Gasteiger partial charge in [0.25, 0.3) is 0 Å². The Morgan fingerprint density at radius 3 is 2.79 bits per heavy atom. The number of hydrogen-bond acceptors (Lipinski definition) is 2. The molecule has 1 aromatic rings. The summed E-state index contributed by atoms with van der Waals surface area (Å²) in [6.45, 7) is 0. The summed E-state index contributed by atoms with van der Waals surface area (Å²) in [6, 6.07) is 8.28. The Bertz CT molecular complexity index is 515. The van der Waals surface area contributed by atoms with Crippen LogP contribution in [-0.2, 0) is 0 Å². The van der Waals surface area contributed by atoms with Crippen LogP contribution in [0.2, 0.25) is 0 Å². The molecule has 2 aliphatic carbocycles. The van der Waals surface area contributed by atoms with E-state index in [9.17, 15) is 0 Å². The standard InChI is InChI=1S/C15H18N2OS/c1-18-14-5-3-2-4-12(14)16-15(19)17-13-9-10-6-7-11(13)8-10/h2-7,10-11,13H,8-9H2,1H3,(H2,16,17,19). The van der Waals surface area contributed by atoms with Gasteiger partial charge in [0.05, 0.1) is 12.8 Å². The minimum absolute atomic E-state index is 0.477. The summed E-state index contributed by atoms with van der Waals surface area (Å²) < 4.78 is 5.30. The highest BCUT2D eigenvalue weighted by atomic mass is 32.1. The molecule has 19 heavy (non-hydrogen) atoms. The average Bonchev–Trinajstić information content (AvgIpc) is 3.01.